The molecule has 0 fully saturated rings. The quantitative estimate of drug-likeness (QED) is 0.205. The summed E-state index contributed by atoms with van der Waals surface area (Å²) in [5.41, 5.74) is 23.9. The molecule has 0 aromatic heterocycles. The standard InChI is InChI=1S/C26H30N6O3/c27-21(11-6-14-31-26(29)30)24(34)32(25(35)22(28)15-17-7-2-1-3-8-17)23(33)20-13-12-18-9-4-5-10-19(18)16-20/h1-5,7-10,12-13,16,21-22H,6,11,14-15,27-28H2,(H4,29,30,31). The number of carbonyl (C=O) groups is 3. The molecule has 0 saturated heterocycles. The number of benzene rings is 3. The van der Waals surface area contributed by atoms with Crippen molar-refractivity contribution < 1.29 is 14.4 Å². The minimum absolute atomic E-state index is 0.0694. The van der Waals surface area contributed by atoms with E-state index in [0.717, 1.165) is 16.3 Å². The molecule has 2 atom stereocenters. The van der Waals surface area contributed by atoms with E-state index < -0.39 is 29.8 Å². The molecular weight excluding hydrogens is 444 g/mol. The fraction of sp³-hybridized carbons (Fsp3) is 0.231. The maximum Gasteiger partial charge on any atom is 0.267 e. The van der Waals surface area contributed by atoms with Crippen molar-refractivity contribution in [3.63, 3.8) is 0 Å². The lowest BCUT2D eigenvalue weighted by molar-refractivity contribution is -0.143. The lowest BCUT2D eigenvalue weighted by atomic mass is 10.0. The van der Waals surface area contributed by atoms with Gasteiger partial charge in [0.05, 0.1) is 12.1 Å². The second-order valence-electron chi connectivity index (χ2n) is 8.23. The van der Waals surface area contributed by atoms with Crippen LogP contribution in [0.2, 0.25) is 0 Å². The minimum atomic E-state index is -1.11. The highest BCUT2D eigenvalue weighted by molar-refractivity contribution is 6.19. The SMILES string of the molecule is NC(N)=NCCCC(N)C(=O)N(C(=O)c1ccc2ccccc2c1)C(=O)C(N)Cc1ccccc1. The molecule has 0 aliphatic rings. The van der Waals surface area contributed by atoms with Gasteiger partial charge in [0.15, 0.2) is 5.96 Å². The molecule has 0 heterocycles. The van der Waals surface area contributed by atoms with Crippen LogP contribution in [0.4, 0.5) is 0 Å². The van der Waals surface area contributed by atoms with Crippen molar-refractivity contribution in [3.8, 4) is 0 Å². The fourth-order valence-corrected chi connectivity index (χ4v) is 3.69. The van der Waals surface area contributed by atoms with Gasteiger partial charge in [-0.05, 0) is 47.7 Å². The number of hydrogen-bond donors (Lipinski definition) is 4. The van der Waals surface area contributed by atoms with Crippen LogP contribution in [0.15, 0.2) is 77.8 Å². The average Bonchev–Trinajstić information content (AvgIpc) is 2.86. The highest BCUT2D eigenvalue weighted by atomic mass is 16.2. The number of rotatable bonds is 9. The highest BCUT2D eigenvalue weighted by Crippen LogP contribution is 2.18. The van der Waals surface area contributed by atoms with Crippen molar-refractivity contribution in [1.82, 2.24) is 4.90 Å². The molecule has 0 bridgehead atoms. The molecule has 3 aromatic rings. The molecule has 3 rings (SSSR count). The first-order valence-corrected chi connectivity index (χ1v) is 11.3. The summed E-state index contributed by atoms with van der Waals surface area (Å²) in [6, 6.07) is 19.3. The normalized spacial score (nSPS) is 12.5. The maximum atomic E-state index is 13.5. The number of imide groups is 3. The summed E-state index contributed by atoms with van der Waals surface area (Å²) in [5, 5.41) is 1.72. The van der Waals surface area contributed by atoms with Crippen molar-refractivity contribution in [2.45, 2.75) is 31.3 Å². The Balaban J connectivity index is 1.87. The molecule has 0 spiro atoms. The van der Waals surface area contributed by atoms with Crippen LogP contribution in [-0.2, 0) is 16.0 Å². The number of aliphatic imine (C=N–C) groups is 1. The Kier molecular flexibility index (Phi) is 8.66. The Labute approximate surface area is 203 Å². The van der Waals surface area contributed by atoms with Gasteiger partial charge in [0.1, 0.15) is 0 Å². The first kappa shape index (κ1) is 25.5. The smallest absolute Gasteiger partial charge is 0.267 e. The third-order valence-corrected chi connectivity index (χ3v) is 5.54. The van der Waals surface area contributed by atoms with Gasteiger partial charge in [-0.2, -0.15) is 0 Å². The number of nitrogens with two attached hydrogens (primary N) is 4. The molecule has 0 saturated carbocycles. The second kappa shape index (κ2) is 11.9. The van der Waals surface area contributed by atoms with E-state index >= 15 is 0 Å². The van der Waals surface area contributed by atoms with Crippen molar-refractivity contribution in [3.05, 3.63) is 83.9 Å². The van der Waals surface area contributed by atoms with E-state index in [-0.39, 0.29) is 30.9 Å². The monoisotopic (exact) mass is 474 g/mol. The predicted molar refractivity (Wildman–Crippen MR) is 136 cm³/mol. The Morgan fingerprint density at radius 3 is 2.11 bits per heavy atom. The topological polar surface area (TPSA) is 171 Å². The van der Waals surface area contributed by atoms with E-state index in [9.17, 15) is 14.4 Å². The average molecular weight is 475 g/mol. The van der Waals surface area contributed by atoms with E-state index in [1.807, 2.05) is 54.6 Å². The Bertz CT molecular complexity index is 1220. The maximum absolute atomic E-state index is 13.5. The van der Waals surface area contributed by atoms with Crippen LogP contribution in [0.5, 0.6) is 0 Å². The van der Waals surface area contributed by atoms with Crippen LogP contribution in [0.1, 0.15) is 28.8 Å². The molecule has 9 nitrogen and oxygen atoms in total. The molecule has 182 valence electrons. The molecule has 3 amide bonds. The number of fused-ring (bicyclic) bond motifs is 1. The molecule has 0 radical (unpaired) electrons. The van der Waals surface area contributed by atoms with Gasteiger partial charge >= 0.3 is 0 Å². The van der Waals surface area contributed by atoms with Crippen LogP contribution < -0.4 is 22.9 Å². The van der Waals surface area contributed by atoms with Gasteiger partial charge in [-0.3, -0.25) is 19.4 Å². The summed E-state index contributed by atoms with van der Waals surface area (Å²) in [6.07, 6.45) is 0.736. The molecule has 3 aromatic carbocycles. The second-order valence-corrected chi connectivity index (χ2v) is 8.23. The zero-order chi connectivity index (χ0) is 25.4. The number of guanidine groups is 1. The minimum Gasteiger partial charge on any atom is -0.370 e. The number of carbonyl (C=O) groups excluding carboxylic acids is 3. The molecule has 8 N–H and O–H groups in total. The lowest BCUT2D eigenvalue weighted by Crippen LogP contribution is -2.55. The lowest BCUT2D eigenvalue weighted by Gasteiger charge is -2.25. The first-order chi connectivity index (χ1) is 16.8. The molecular formula is C26H30N6O3. The van der Waals surface area contributed by atoms with Gasteiger partial charge in [-0.1, -0.05) is 60.7 Å². The van der Waals surface area contributed by atoms with Crippen molar-refractivity contribution in [2.24, 2.45) is 27.9 Å². The third-order valence-electron chi connectivity index (χ3n) is 5.54. The summed E-state index contributed by atoms with van der Waals surface area (Å²) < 4.78 is 0. The van der Waals surface area contributed by atoms with Crippen LogP contribution >= 0.6 is 0 Å². The van der Waals surface area contributed by atoms with E-state index in [2.05, 4.69) is 4.99 Å². The van der Waals surface area contributed by atoms with Crippen LogP contribution in [0.3, 0.4) is 0 Å². The van der Waals surface area contributed by atoms with Gasteiger partial charge in [0.2, 0.25) is 0 Å². The summed E-state index contributed by atoms with van der Waals surface area (Å²) in [5.74, 6) is -2.47. The molecule has 0 aliphatic carbocycles. The summed E-state index contributed by atoms with van der Waals surface area (Å²) in [4.78, 5) is 44.5. The zero-order valence-electron chi connectivity index (χ0n) is 19.3. The van der Waals surface area contributed by atoms with Crippen molar-refractivity contribution in [2.75, 3.05) is 6.54 Å². The van der Waals surface area contributed by atoms with E-state index in [0.29, 0.717) is 11.3 Å². The van der Waals surface area contributed by atoms with Gasteiger partial charge < -0.3 is 22.9 Å². The first-order valence-electron chi connectivity index (χ1n) is 11.3. The van der Waals surface area contributed by atoms with Crippen molar-refractivity contribution >= 4 is 34.5 Å². The number of nitrogens with zero attached hydrogens (tertiary/aromatic N) is 2. The van der Waals surface area contributed by atoms with Gasteiger partial charge in [-0.25, -0.2) is 4.90 Å². The molecule has 2 unspecified atom stereocenters. The summed E-state index contributed by atoms with van der Waals surface area (Å²) >= 11 is 0. The molecule has 9 heteroatoms. The van der Waals surface area contributed by atoms with Gasteiger partial charge in [-0.15, -0.1) is 0 Å². The Morgan fingerprint density at radius 2 is 1.43 bits per heavy atom. The molecule has 0 aliphatic heterocycles. The summed E-state index contributed by atoms with van der Waals surface area (Å²) in [7, 11) is 0. The highest BCUT2D eigenvalue weighted by Gasteiger charge is 2.35. The number of hydrogen-bond acceptors (Lipinski definition) is 6. The van der Waals surface area contributed by atoms with Gasteiger partial charge in [0, 0.05) is 12.1 Å². The molecule has 35 heavy (non-hydrogen) atoms. The summed E-state index contributed by atoms with van der Waals surface area (Å²) in [6.45, 7) is 0.267. The van der Waals surface area contributed by atoms with Crippen LogP contribution in [-0.4, -0.2) is 47.2 Å². The number of amides is 3. The third kappa shape index (κ3) is 6.72. The Hall–Kier alpha value is -4.08. The fourth-order valence-electron chi connectivity index (χ4n) is 3.69. The van der Waals surface area contributed by atoms with Crippen LogP contribution in [0, 0.1) is 0 Å². The van der Waals surface area contributed by atoms with Gasteiger partial charge in [0.25, 0.3) is 17.7 Å². The van der Waals surface area contributed by atoms with E-state index in [4.69, 9.17) is 22.9 Å². The van der Waals surface area contributed by atoms with E-state index in [1.54, 1.807) is 18.2 Å². The zero-order valence-corrected chi connectivity index (χ0v) is 19.3. The predicted octanol–water partition coefficient (Wildman–Crippen LogP) is 1.29. The largest absolute Gasteiger partial charge is 0.370 e. The van der Waals surface area contributed by atoms with Crippen LogP contribution in [0.25, 0.3) is 10.8 Å². The van der Waals surface area contributed by atoms with E-state index in [1.165, 1.54) is 0 Å². The Morgan fingerprint density at radius 1 is 0.800 bits per heavy atom. The van der Waals surface area contributed by atoms with Crippen molar-refractivity contribution in [1.29, 1.82) is 0 Å².